The molecule has 1 atom stereocenters. The molecule has 0 aromatic heterocycles. The molecule has 0 spiro atoms. The lowest BCUT2D eigenvalue weighted by Gasteiger charge is -2.16. The third-order valence-electron chi connectivity index (χ3n) is 3.54. The third-order valence-corrected chi connectivity index (χ3v) is 4.04. The smallest absolute Gasteiger partial charge is 0.142 e. The van der Waals surface area contributed by atoms with Gasteiger partial charge in [0.25, 0.3) is 0 Å². The largest absolute Gasteiger partial charge is 0.492 e. The van der Waals surface area contributed by atoms with Crippen molar-refractivity contribution in [2.45, 2.75) is 45.3 Å². The highest BCUT2D eigenvalue weighted by Gasteiger charge is 2.16. The molecule has 1 N–H and O–H groups in total. The Bertz CT molecular complexity index is 448. The van der Waals surface area contributed by atoms with Crippen LogP contribution < -0.4 is 10.1 Å². The molecular formula is C16H23Cl2NO2. The van der Waals surface area contributed by atoms with Crippen LogP contribution in [0.3, 0.4) is 0 Å². The molecule has 1 aromatic rings. The van der Waals surface area contributed by atoms with Crippen molar-refractivity contribution in [1.29, 1.82) is 0 Å². The average molecular weight is 332 g/mol. The highest BCUT2D eigenvalue weighted by Crippen LogP contribution is 2.33. The summed E-state index contributed by atoms with van der Waals surface area (Å²) in [6, 6.07) is 3.64. The molecule has 5 heteroatoms. The van der Waals surface area contributed by atoms with Crippen molar-refractivity contribution in [3.63, 3.8) is 0 Å². The Balaban J connectivity index is 1.94. The minimum absolute atomic E-state index is 0.331. The van der Waals surface area contributed by atoms with E-state index in [1.807, 2.05) is 6.07 Å². The second-order valence-electron chi connectivity index (χ2n) is 5.32. The number of hydrogen-bond acceptors (Lipinski definition) is 3. The number of rotatable bonds is 8. The zero-order chi connectivity index (χ0) is 15.1. The minimum atomic E-state index is 0.331. The van der Waals surface area contributed by atoms with Crippen LogP contribution in [-0.2, 0) is 11.3 Å². The van der Waals surface area contributed by atoms with Crippen molar-refractivity contribution in [2.75, 3.05) is 19.8 Å². The van der Waals surface area contributed by atoms with Crippen LogP contribution >= 0.6 is 23.2 Å². The molecular weight excluding hydrogens is 309 g/mol. The molecule has 0 radical (unpaired) electrons. The Morgan fingerprint density at radius 2 is 2.24 bits per heavy atom. The summed E-state index contributed by atoms with van der Waals surface area (Å²) in [5, 5.41) is 4.57. The van der Waals surface area contributed by atoms with Crippen LogP contribution in [-0.4, -0.2) is 25.9 Å². The summed E-state index contributed by atoms with van der Waals surface area (Å²) >= 11 is 12.4. The molecule has 1 saturated heterocycles. The lowest BCUT2D eigenvalue weighted by atomic mass is 10.2. The van der Waals surface area contributed by atoms with Gasteiger partial charge in [-0.2, -0.15) is 0 Å². The van der Waals surface area contributed by atoms with Crippen molar-refractivity contribution in [1.82, 2.24) is 5.32 Å². The zero-order valence-corrected chi connectivity index (χ0v) is 14.0. The second-order valence-corrected chi connectivity index (χ2v) is 6.17. The molecule has 1 unspecified atom stereocenters. The van der Waals surface area contributed by atoms with E-state index >= 15 is 0 Å². The van der Waals surface area contributed by atoms with Gasteiger partial charge in [0, 0.05) is 30.2 Å². The van der Waals surface area contributed by atoms with Crippen molar-refractivity contribution in [2.24, 2.45) is 0 Å². The maximum absolute atomic E-state index is 6.27. The van der Waals surface area contributed by atoms with Crippen molar-refractivity contribution in [3.8, 4) is 5.75 Å². The monoisotopic (exact) mass is 331 g/mol. The quantitative estimate of drug-likeness (QED) is 0.714. The number of ether oxygens (including phenoxy) is 2. The first-order valence-electron chi connectivity index (χ1n) is 7.63. The van der Waals surface area contributed by atoms with E-state index in [1.54, 1.807) is 6.07 Å². The Morgan fingerprint density at radius 1 is 1.38 bits per heavy atom. The highest BCUT2D eigenvalue weighted by atomic mass is 35.5. The predicted octanol–water partition coefficient (Wildman–Crippen LogP) is 4.44. The van der Waals surface area contributed by atoms with Crippen LogP contribution in [0.15, 0.2) is 12.1 Å². The van der Waals surface area contributed by atoms with Crippen LogP contribution in [0.5, 0.6) is 5.75 Å². The molecule has 1 aromatic carbocycles. The number of hydrogen-bond donors (Lipinski definition) is 1. The second kappa shape index (κ2) is 8.84. The van der Waals surface area contributed by atoms with Gasteiger partial charge in [0.05, 0.1) is 17.7 Å². The van der Waals surface area contributed by atoms with E-state index in [9.17, 15) is 0 Å². The van der Waals surface area contributed by atoms with E-state index in [0.29, 0.717) is 29.3 Å². The predicted molar refractivity (Wildman–Crippen MR) is 87.5 cm³/mol. The van der Waals surface area contributed by atoms with Crippen LogP contribution in [0.25, 0.3) is 0 Å². The summed E-state index contributed by atoms with van der Waals surface area (Å²) in [5.41, 5.74) is 1.01. The first-order chi connectivity index (χ1) is 10.2. The van der Waals surface area contributed by atoms with Gasteiger partial charge in [-0.3, -0.25) is 0 Å². The van der Waals surface area contributed by atoms with E-state index < -0.39 is 0 Å². The van der Waals surface area contributed by atoms with E-state index in [2.05, 4.69) is 12.2 Å². The van der Waals surface area contributed by atoms with Gasteiger partial charge in [-0.15, -0.1) is 0 Å². The van der Waals surface area contributed by atoms with Gasteiger partial charge in [0.15, 0.2) is 0 Å². The van der Waals surface area contributed by atoms with Gasteiger partial charge in [-0.1, -0.05) is 30.1 Å². The molecule has 1 heterocycles. The highest BCUT2D eigenvalue weighted by molar-refractivity contribution is 6.35. The van der Waals surface area contributed by atoms with Crippen LogP contribution in [0.2, 0.25) is 10.0 Å². The Hall–Kier alpha value is -0.480. The fourth-order valence-electron chi connectivity index (χ4n) is 2.47. The SMILES string of the molecule is CCCNCc1cc(Cl)cc(Cl)c1OCCC1CCCO1. The molecule has 118 valence electrons. The van der Waals surface area contributed by atoms with Gasteiger partial charge >= 0.3 is 0 Å². The van der Waals surface area contributed by atoms with Crippen molar-refractivity contribution < 1.29 is 9.47 Å². The maximum atomic E-state index is 6.27. The Labute approximate surface area is 136 Å². The molecule has 1 aliphatic heterocycles. The van der Waals surface area contributed by atoms with Gasteiger partial charge < -0.3 is 14.8 Å². The summed E-state index contributed by atoms with van der Waals surface area (Å²) in [6.45, 7) is 5.30. The lowest BCUT2D eigenvalue weighted by molar-refractivity contribution is 0.0902. The summed E-state index contributed by atoms with van der Waals surface area (Å²) in [6.07, 6.45) is 4.60. The van der Waals surface area contributed by atoms with Gasteiger partial charge in [-0.25, -0.2) is 0 Å². The van der Waals surface area contributed by atoms with Crippen molar-refractivity contribution in [3.05, 3.63) is 27.7 Å². The number of benzene rings is 1. The topological polar surface area (TPSA) is 30.5 Å². The maximum Gasteiger partial charge on any atom is 0.142 e. The fourth-order valence-corrected chi connectivity index (χ4v) is 3.06. The number of nitrogens with one attached hydrogen (secondary N) is 1. The zero-order valence-electron chi connectivity index (χ0n) is 12.5. The van der Waals surface area contributed by atoms with E-state index in [1.165, 1.54) is 0 Å². The molecule has 0 bridgehead atoms. The van der Waals surface area contributed by atoms with Crippen LogP contribution in [0.4, 0.5) is 0 Å². The molecule has 0 aliphatic carbocycles. The first kappa shape index (κ1) is 16.9. The molecule has 1 aliphatic rings. The summed E-state index contributed by atoms with van der Waals surface area (Å²) in [5.74, 6) is 0.739. The molecule has 1 fully saturated rings. The summed E-state index contributed by atoms with van der Waals surface area (Å²) in [4.78, 5) is 0. The van der Waals surface area contributed by atoms with E-state index in [0.717, 1.165) is 50.1 Å². The Kier molecular flexibility index (Phi) is 7.11. The van der Waals surface area contributed by atoms with Gasteiger partial charge in [0.2, 0.25) is 0 Å². The summed E-state index contributed by atoms with van der Waals surface area (Å²) in [7, 11) is 0. The van der Waals surface area contributed by atoms with Crippen LogP contribution in [0, 0.1) is 0 Å². The molecule has 3 nitrogen and oxygen atoms in total. The molecule has 0 amide bonds. The van der Waals surface area contributed by atoms with Gasteiger partial charge in [-0.05, 0) is 37.9 Å². The standard InChI is InChI=1S/C16H23Cl2NO2/c1-2-6-19-11-12-9-13(17)10-15(18)16(12)21-8-5-14-4-3-7-20-14/h9-10,14,19H,2-8,11H2,1H3. The molecule has 2 rings (SSSR count). The lowest BCUT2D eigenvalue weighted by Crippen LogP contribution is -2.16. The third kappa shape index (κ3) is 5.33. The Morgan fingerprint density at radius 3 is 2.95 bits per heavy atom. The molecule has 0 saturated carbocycles. The first-order valence-corrected chi connectivity index (χ1v) is 8.39. The minimum Gasteiger partial charge on any atom is -0.492 e. The van der Waals surface area contributed by atoms with Crippen LogP contribution in [0.1, 0.15) is 38.2 Å². The average Bonchev–Trinajstić information content (AvgIpc) is 2.95. The number of halogens is 2. The van der Waals surface area contributed by atoms with E-state index in [-0.39, 0.29) is 0 Å². The van der Waals surface area contributed by atoms with E-state index in [4.69, 9.17) is 32.7 Å². The normalized spacial score (nSPS) is 18.1. The van der Waals surface area contributed by atoms with Gasteiger partial charge in [0.1, 0.15) is 5.75 Å². The molecule has 21 heavy (non-hydrogen) atoms. The fraction of sp³-hybridized carbons (Fsp3) is 0.625. The van der Waals surface area contributed by atoms with Crippen molar-refractivity contribution >= 4 is 23.2 Å². The summed E-state index contributed by atoms with van der Waals surface area (Å²) < 4.78 is 11.5.